The van der Waals surface area contributed by atoms with Crippen LogP contribution in [0.4, 0.5) is 104 Å². The predicted molar refractivity (Wildman–Crippen MR) is 200 cm³/mol. The van der Waals surface area contributed by atoms with Crippen molar-refractivity contribution in [3.8, 4) is 0 Å². The molecule has 0 aromatic heterocycles. The second-order valence-corrected chi connectivity index (χ2v) is 18.0. The van der Waals surface area contributed by atoms with Gasteiger partial charge in [-0.1, -0.05) is 76.2 Å². The highest BCUT2D eigenvalue weighted by atomic mass is 19.4. The molecule has 0 atom stereocenters. The summed E-state index contributed by atoms with van der Waals surface area (Å²) in [5.41, 5.74) is -11.9. The Morgan fingerprint density at radius 3 is 0.984 bits per heavy atom. The van der Waals surface area contributed by atoms with Crippen molar-refractivity contribution >= 4 is 57.2 Å². The van der Waals surface area contributed by atoms with Crippen molar-refractivity contribution in [3.63, 3.8) is 0 Å². The Balaban J connectivity index is 1.37. The van der Waals surface area contributed by atoms with Crippen molar-refractivity contribution in [1.29, 1.82) is 0 Å². The first-order valence-electron chi connectivity index (χ1n) is 19.3. The number of halogens is 16. The van der Waals surface area contributed by atoms with Gasteiger partial charge in [0, 0.05) is 55.8 Å². The van der Waals surface area contributed by atoms with Gasteiger partial charge in [-0.05, 0) is 69.0 Å². The van der Waals surface area contributed by atoms with Crippen molar-refractivity contribution in [3.05, 3.63) is 123 Å². The molecule has 0 bridgehead atoms. The molecule has 0 spiro atoms. The minimum Gasteiger partial charge on any atom is -0.311 e. The van der Waals surface area contributed by atoms with Crippen LogP contribution in [0.1, 0.15) is 72.2 Å². The molecule has 0 fully saturated rings. The number of rotatable bonds is 0. The van der Waals surface area contributed by atoms with Gasteiger partial charge in [0.1, 0.15) is 0 Å². The average Bonchev–Trinajstić information content (AvgIpc) is 3.20. The van der Waals surface area contributed by atoms with Crippen LogP contribution < -0.4 is 26.2 Å². The number of hydrogen-bond acceptors (Lipinski definition) is 2. The molecule has 2 aliphatic carbocycles. The molecule has 2 nitrogen and oxygen atoms in total. The summed E-state index contributed by atoms with van der Waals surface area (Å²) in [6.07, 6.45) is 0. The SMILES string of the molecule is CC1(C)c2ccccc2N2c3cc4c(cc3B3c5cc6c(cc5N5c7ccccc7C(C)(C)c7cc1c2c3c75)C(F)(F)C(F)(F)C(F)(F)C6(F)F)C(F)(F)C(F)(F)C(F)(F)C4(F)F. The summed E-state index contributed by atoms with van der Waals surface area (Å²) < 4.78 is 249. The molecule has 5 aromatic carbocycles. The molecule has 326 valence electrons. The largest absolute Gasteiger partial charge is 0.382 e. The van der Waals surface area contributed by atoms with Gasteiger partial charge in [0.25, 0.3) is 6.71 Å². The zero-order valence-corrected chi connectivity index (χ0v) is 32.5. The van der Waals surface area contributed by atoms with E-state index < -0.39 is 109 Å². The van der Waals surface area contributed by atoms with Crippen molar-refractivity contribution in [1.82, 2.24) is 0 Å². The fourth-order valence-electron chi connectivity index (χ4n) is 10.9. The van der Waals surface area contributed by atoms with E-state index in [0.717, 1.165) is 0 Å². The number of hydrogen-bond donors (Lipinski definition) is 0. The Labute approximate surface area is 346 Å². The molecule has 19 heteroatoms. The van der Waals surface area contributed by atoms with Crippen LogP contribution in [-0.2, 0) is 34.5 Å². The number of nitrogens with zero attached hydrogens (tertiary/aromatic N) is 2. The molecule has 4 heterocycles. The summed E-state index contributed by atoms with van der Waals surface area (Å²) in [5.74, 6) is -50.9. The summed E-state index contributed by atoms with van der Waals surface area (Å²) in [6, 6.07) is 14.7. The molecule has 0 amide bonds. The Bertz CT molecular complexity index is 2780. The normalized spacial score (nSPS) is 24.4. The number of fused-ring (bicyclic) bond motifs is 12. The van der Waals surface area contributed by atoms with E-state index >= 15 is 70.2 Å². The maximum Gasteiger partial charge on any atom is 0.382 e. The minimum atomic E-state index is -6.73. The van der Waals surface area contributed by atoms with Crippen LogP contribution >= 0.6 is 0 Å². The van der Waals surface area contributed by atoms with E-state index in [1.165, 1.54) is 34.1 Å². The highest BCUT2D eigenvalue weighted by Gasteiger charge is 2.87. The molecule has 0 radical (unpaired) electrons. The van der Waals surface area contributed by atoms with Gasteiger partial charge in [0.05, 0.1) is 11.4 Å². The highest BCUT2D eigenvalue weighted by molar-refractivity contribution is 7.00. The summed E-state index contributed by atoms with van der Waals surface area (Å²) in [5, 5.41) is 0. The summed E-state index contributed by atoms with van der Waals surface area (Å²) in [4.78, 5) is 2.51. The molecule has 5 aromatic rings. The van der Waals surface area contributed by atoms with E-state index in [1.807, 2.05) is 0 Å². The van der Waals surface area contributed by atoms with Crippen LogP contribution in [-0.4, -0.2) is 30.4 Å². The topological polar surface area (TPSA) is 6.48 Å². The first-order chi connectivity index (χ1) is 28.9. The Kier molecular flexibility index (Phi) is 6.91. The molecule has 0 saturated carbocycles. The lowest BCUT2D eigenvalue weighted by Crippen LogP contribution is -2.67. The second kappa shape index (κ2) is 10.8. The van der Waals surface area contributed by atoms with Gasteiger partial charge >= 0.3 is 47.4 Å². The number of alkyl halides is 16. The van der Waals surface area contributed by atoms with Crippen molar-refractivity contribution in [2.75, 3.05) is 9.80 Å². The summed E-state index contributed by atoms with van der Waals surface area (Å²) >= 11 is 0. The van der Waals surface area contributed by atoms with Crippen molar-refractivity contribution in [2.24, 2.45) is 0 Å². The van der Waals surface area contributed by atoms with Gasteiger partial charge in [-0.3, -0.25) is 0 Å². The van der Waals surface area contributed by atoms with E-state index in [1.54, 1.807) is 58.0 Å². The zero-order valence-electron chi connectivity index (χ0n) is 32.5. The third-order valence-corrected chi connectivity index (χ3v) is 14.2. The van der Waals surface area contributed by atoms with Crippen LogP contribution in [0.3, 0.4) is 0 Å². The molecule has 0 N–H and O–H groups in total. The highest BCUT2D eigenvalue weighted by Crippen LogP contribution is 2.68. The third kappa shape index (κ3) is 3.96. The molecular formula is C44H25BF16N2. The smallest absolute Gasteiger partial charge is 0.311 e. The van der Waals surface area contributed by atoms with E-state index in [4.69, 9.17) is 0 Å². The van der Waals surface area contributed by atoms with Gasteiger partial charge < -0.3 is 9.80 Å². The molecule has 11 rings (SSSR count). The van der Waals surface area contributed by atoms with Crippen LogP contribution in [0.2, 0.25) is 0 Å². The fourth-order valence-corrected chi connectivity index (χ4v) is 10.9. The lowest BCUT2D eigenvalue weighted by molar-refractivity contribution is -0.386. The number of benzene rings is 5. The van der Waals surface area contributed by atoms with Gasteiger partial charge in [-0.15, -0.1) is 0 Å². The third-order valence-electron chi connectivity index (χ3n) is 14.2. The first-order valence-corrected chi connectivity index (χ1v) is 19.3. The van der Waals surface area contributed by atoms with Crippen molar-refractivity contribution in [2.45, 2.75) is 85.9 Å². The Hall–Kier alpha value is -5.36. The van der Waals surface area contributed by atoms with E-state index in [-0.39, 0.29) is 52.5 Å². The van der Waals surface area contributed by atoms with Crippen LogP contribution in [0.5, 0.6) is 0 Å². The lowest BCUT2D eigenvalue weighted by atomic mass is 9.32. The number of anilines is 6. The second-order valence-electron chi connectivity index (χ2n) is 18.0. The monoisotopic (exact) mass is 896 g/mol. The van der Waals surface area contributed by atoms with E-state index in [2.05, 4.69) is 0 Å². The first kappa shape index (κ1) is 40.4. The molecule has 0 unspecified atom stereocenters. The fraction of sp³-hybridized carbons (Fsp3) is 0.318. The zero-order chi connectivity index (χ0) is 45.7. The molecule has 63 heavy (non-hydrogen) atoms. The molecule has 0 saturated heterocycles. The van der Waals surface area contributed by atoms with Crippen LogP contribution in [0, 0.1) is 0 Å². The predicted octanol–water partition coefficient (Wildman–Crippen LogP) is 12.0. The van der Waals surface area contributed by atoms with Gasteiger partial charge in [0.2, 0.25) is 0 Å². The minimum absolute atomic E-state index is 0.0374. The maximum absolute atomic E-state index is 16.0. The molecule has 4 aliphatic heterocycles. The standard InChI is InChI=1S/C44H25BF16N2/c1-35(2)18-9-5-7-11-28(18)62-30-16-22-20(37(46,47)41(54,55)43(58,59)39(22,50)51)14-26(30)45-27-15-21-23(40(52,53)44(60,61)42(56,57)38(21,48)49)17-31(27)63-29-12-8-6-10-19(29)36(3,4)25-13-24(35)33(62)32(45)34(25)63/h5-17H,1-4H3. The van der Waals surface area contributed by atoms with Gasteiger partial charge in [-0.2, -0.15) is 70.2 Å². The van der Waals surface area contributed by atoms with Gasteiger partial charge in [-0.25, -0.2) is 0 Å². The van der Waals surface area contributed by atoms with E-state index in [0.29, 0.717) is 22.3 Å². The quantitative estimate of drug-likeness (QED) is 0.111. The van der Waals surface area contributed by atoms with Crippen LogP contribution in [0.25, 0.3) is 0 Å². The Morgan fingerprint density at radius 2 is 0.651 bits per heavy atom. The summed E-state index contributed by atoms with van der Waals surface area (Å²) in [7, 11) is 0. The average molecular weight is 896 g/mol. The lowest BCUT2D eigenvalue weighted by Gasteiger charge is -2.54. The van der Waals surface area contributed by atoms with Crippen LogP contribution in [0.15, 0.2) is 78.9 Å². The maximum atomic E-state index is 16.0. The Morgan fingerprint density at radius 1 is 0.349 bits per heavy atom. The molecule has 6 aliphatic rings. The van der Waals surface area contributed by atoms with E-state index in [9.17, 15) is 0 Å². The van der Waals surface area contributed by atoms with Crippen molar-refractivity contribution < 1.29 is 70.2 Å². The molecular weight excluding hydrogens is 871 g/mol. The van der Waals surface area contributed by atoms with Gasteiger partial charge in [0.15, 0.2) is 0 Å². The number of para-hydroxylation sites is 2. The summed E-state index contributed by atoms with van der Waals surface area (Å²) in [6.45, 7) is 5.04.